The predicted molar refractivity (Wildman–Crippen MR) is 187 cm³/mol. The van der Waals surface area contributed by atoms with Crippen LogP contribution in [0.1, 0.15) is 127 Å². The van der Waals surface area contributed by atoms with Crippen molar-refractivity contribution in [2.75, 3.05) is 13.7 Å². The molecule has 6 N–H and O–H groups in total. The van der Waals surface area contributed by atoms with Gasteiger partial charge in [0.1, 0.15) is 12.6 Å². The zero-order valence-electron chi connectivity index (χ0n) is 32.1. The highest BCUT2D eigenvalue weighted by Gasteiger charge is 2.67. The molecule has 286 valence electrons. The number of nitrogens with one attached hydrogen (secondary N) is 1. The van der Waals surface area contributed by atoms with Gasteiger partial charge in [-0.3, -0.25) is 14.4 Å². The summed E-state index contributed by atoms with van der Waals surface area (Å²) in [6.45, 7) is 17.3. The molecule has 4 aliphatic rings. The van der Waals surface area contributed by atoms with Gasteiger partial charge in [-0.15, -0.1) is 0 Å². The highest BCUT2D eigenvalue weighted by Crippen LogP contribution is 2.72. The van der Waals surface area contributed by atoms with Gasteiger partial charge in [0.15, 0.2) is 0 Å². The van der Waals surface area contributed by atoms with Crippen molar-refractivity contribution in [1.82, 2.24) is 5.32 Å². The number of esters is 2. The first-order valence-corrected chi connectivity index (χ1v) is 18.6. The second-order valence-electron chi connectivity index (χ2n) is 18.4. The normalized spacial score (nSPS) is 37.4. The monoisotopic (exact) mass is 707 g/mol. The summed E-state index contributed by atoms with van der Waals surface area (Å²) in [7, 11) is 1.20. The molecule has 0 spiro atoms. The standard InChI is InChI=1S/C39H65NO10/c1-22(11-14-28(42)35(4,5)47)23-15-16-38(8)24-12-13-27-34(2,3)33(26(41)18-37(27,7)25(24)17-29(43)39(23,38)9)50-31(45)20-36(6,48)19-30(44)40-21-32(46)49-10/h22-23,26-29,33,41-43,47-48H,11-21H2,1-10H3,(H,40,44)/t22-,23?,26-,27?,28?,29+,33+,36?,37-,38+,39+/m1/s1. The van der Waals surface area contributed by atoms with E-state index < -0.39 is 77.1 Å². The van der Waals surface area contributed by atoms with Gasteiger partial charge in [-0.25, -0.2) is 0 Å². The van der Waals surface area contributed by atoms with Crippen molar-refractivity contribution in [2.45, 2.75) is 162 Å². The van der Waals surface area contributed by atoms with E-state index in [0.29, 0.717) is 19.3 Å². The van der Waals surface area contributed by atoms with Gasteiger partial charge in [0.25, 0.3) is 0 Å². The van der Waals surface area contributed by atoms with E-state index in [0.717, 1.165) is 32.1 Å². The fraction of sp³-hybridized carbons (Fsp3) is 0.872. The van der Waals surface area contributed by atoms with Crippen LogP contribution in [0.4, 0.5) is 0 Å². The van der Waals surface area contributed by atoms with E-state index in [9.17, 15) is 39.9 Å². The van der Waals surface area contributed by atoms with Gasteiger partial charge < -0.3 is 40.3 Å². The maximum atomic E-state index is 13.2. The molecule has 50 heavy (non-hydrogen) atoms. The lowest BCUT2D eigenvalue weighted by atomic mass is 9.42. The molecule has 0 radical (unpaired) electrons. The van der Waals surface area contributed by atoms with E-state index in [-0.39, 0.29) is 35.1 Å². The molecule has 0 aromatic heterocycles. The summed E-state index contributed by atoms with van der Waals surface area (Å²) in [6.07, 6.45) is 1.72. The van der Waals surface area contributed by atoms with E-state index >= 15 is 0 Å². The van der Waals surface area contributed by atoms with Crippen molar-refractivity contribution in [2.24, 2.45) is 39.4 Å². The van der Waals surface area contributed by atoms with Crippen molar-refractivity contribution in [3.05, 3.63) is 11.1 Å². The van der Waals surface area contributed by atoms with E-state index in [1.165, 1.54) is 25.2 Å². The number of allylic oxidation sites excluding steroid dienone is 1. The smallest absolute Gasteiger partial charge is 0.325 e. The Labute approximate surface area is 298 Å². The molecule has 1 amide bonds. The first-order valence-electron chi connectivity index (χ1n) is 18.6. The maximum absolute atomic E-state index is 13.2. The molecule has 11 atom stereocenters. The van der Waals surface area contributed by atoms with Gasteiger partial charge in [-0.1, -0.05) is 52.7 Å². The summed E-state index contributed by atoms with van der Waals surface area (Å²) >= 11 is 0. The topological polar surface area (TPSA) is 183 Å². The number of amides is 1. The summed E-state index contributed by atoms with van der Waals surface area (Å²) in [6, 6.07) is 0. The Morgan fingerprint density at radius 2 is 1.60 bits per heavy atom. The number of carbonyl (C=O) groups excluding carboxylic acids is 3. The van der Waals surface area contributed by atoms with Crippen molar-refractivity contribution >= 4 is 17.8 Å². The van der Waals surface area contributed by atoms with Crippen LogP contribution in [-0.4, -0.2) is 92.7 Å². The average molecular weight is 708 g/mol. The predicted octanol–water partition coefficient (Wildman–Crippen LogP) is 3.96. The molecule has 2 saturated carbocycles. The summed E-state index contributed by atoms with van der Waals surface area (Å²) in [5.41, 5.74) is -1.88. The first-order chi connectivity index (χ1) is 22.8. The fourth-order valence-electron chi connectivity index (χ4n) is 11.2. The molecule has 11 heteroatoms. The third-order valence-corrected chi connectivity index (χ3v) is 14.2. The molecule has 0 bridgehead atoms. The zero-order chi connectivity index (χ0) is 37.8. The molecule has 4 unspecified atom stereocenters. The second-order valence-corrected chi connectivity index (χ2v) is 18.4. The lowest BCUT2D eigenvalue weighted by Crippen LogP contribution is -2.62. The Bertz CT molecular complexity index is 1330. The number of aliphatic hydroxyl groups is 5. The van der Waals surface area contributed by atoms with Crippen LogP contribution < -0.4 is 5.32 Å². The minimum absolute atomic E-state index is 0.0548. The van der Waals surface area contributed by atoms with Gasteiger partial charge in [0.2, 0.25) is 5.91 Å². The van der Waals surface area contributed by atoms with Crippen LogP contribution in [0.15, 0.2) is 11.1 Å². The molecule has 11 nitrogen and oxygen atoms in total. The number of aliphatic hydroxyl groups excluding tert-OH is 3. The molecule has 0 aromatic carbocycles. The summed E-state index contributed by atoms with van der Waals surface area (Å²) in [5.74, 6) is -1.40. The summed E-state index contributed by atoms with van der Waals surface area (Å²) in [4.78, 5) is 36.8. The number of fused-ring (bicyclic) bond motifs is 4. The highest BCUT2D eigenvalue weighted by molar-refractivity contribution is 5.83. The van der Waals surface area contributed by atoms with Gasteiger partial charge in [0.05, 0.1) is 49.5 Å². The van der Waals surface area contributed by atoms with E-state index in [2.05, 4.69) is 37.7 Å². The number of rotatable bonds is 12. The second kappa shape index (κ2) is 14.1. The van der Waals surface area contributed by atoms with Crippen LogP contribution in [0.2, 0.25) is 0 Å². The van der Waals surface area contributed by atoms with E-state index in [1.54, 1.807) is 13.8 Å². The fourth-order valence-corrected chi connectivity index (χ4v) is 11.2. The van der Waals surface area contributed by atoms with Crippen molar-refractivity contribution in [3.8, 4) is 0 Å². The van der Waals surface area contributed by atoms with Gasteiger partial charge >= 0.3 is 11.9 Å². The molecule has 0 aromatic rings. The lowest BCUT2D eigenvalue weighted by Gasteiger charge is -2.64. The SMILES string of the molecule is COC(=O)CNC(=O)CC(C)(O)CC(=O)O[C@H]1[C@H](O)C[C@]2(C)C3=C(CCC2C1(C)C)[C@]1(C)CCC([C@H](C)CCC(O)C(C)(C)O)[C@@]1(C)[C@@H](O)C3. The molecular weight excluding hydrogens is 642 g/mol. The number of hydrogen-bond acceptors (Lipinski definition) is 10. The minimum atomic E-state index is -1.73. The van der Waals surface area contributed by atoms with Gasteiger partial charge in [-0.2, -0.15) is 0 Å². The lowest BCUT2D eigenvalue weighted by molar-refractivity contribution is -0.198. The molecule has 4 aliphatic carbocycles. The highest BCUT2D eigenvalue weighted by atomic mass is 16.6. The minimum Gasteiger partial charge on any atom is -0.468 e. The average Bonchev–Trinajstić information content (AvgIpc) is 3.28. The summed E-state index contributed by atoms with van der Waals surface area (Å²) < 4.78 is 10.5. The van der Waals surface area contributed by atoms with Crippen LogP contribution in [0.3, 0.4) is 0 Å². The van der Waals surface area contributed by atoms with Crippen LogP contribution in [0.5, 0.6) is 0 Å². The Kier molecular flexibility index (Phi) is 11.5. The van der Waals surface area contributed by atoms with Crippen LogP contribution in [0.25, 0.3) is 0 Å². The van der Waals surface area contributed by atoms with Gasteiger partial charge in [-0.05, 0) is 101 Å². The largest absolute Gasteiger partial charge is 0.468 e. The number of hydrogen-bond donors (Lipinski definition) is 6. The Morgan fingerprint density at radius 3 is 2.20 bits per heavy atom. The van der Waals surface area contributed by atoms with Crippen molar-refractivity contribution < 1.29 is 49.4 Å². The Morgan fingerprint density at radius 1 is 0.960 bits per heavy atom. The number of carbonyl (C=O) groups is 3. The zero-order valence-corrected chi connectivity index (χ0v) is 32.1. The molecule has 0 heterocycles. The van der Waals surface area contributed by atoms with E-state index in [4.69, 9.17) is 4.74 Å². The van der Waals surface area contributed by atoms with E-state index in [1.807, 2.05) is 13.8 Å². The molecule has 0 saturated heterocycles. The van der Waals surface area contributed by atoms with Crippen LogP contribution in [0, 0.1) is 39.4 Å². The Balaban J connectivity index is 1.52. The number of ether oxygens (including phenoxy) is 2. The Hall–Kier alpha value is -2.05. The van der Waals surface area contributed by atoms with Crippen molar-refractivity contribution in [1.29, 1.82) is 0 Å². The van der Waals surface area contributed by atoms with Crippen LogP contribution >= 0.6 is 0 Å². The molecule has 4 rings (SSSR count). The quantitative estimate of drug-likeness (QED) is 0.128. The maximum Gasteiger partial charge on any atom is 0.325 e. The first kappa shape index (κ1) is 40.7. The third-order valence-electron chi connectivity index (χ3n) is 14.2. The van der Waals surface area contributed by atoms with Gasteiger partial charge in [0, 0.05) is 10.8 Å². The molecular formula is C39H65NO10. The van der Waals surface area contributed by atoms with Crippen molar-refractivity contribution in [3.63, 3.8) is 0 Å². The van der Waals surface area contributed by atoms with Crippen LogP contribution in [-0.2, 0) is 23.9 Å². The number of methoxy groups -OCH3 is 1. The summed E-state index contributed by atoms with van der Waals surface area (Å²) in [5, 5.41) is 57.9. The molecule has 2 fully saturated rings. The third kappa shape index (κ3) is 7.28. The molecule has 0 aliphatic heterocycles.